The van der Waals surface area contributed by atoms with E-state index in [2.05, 4.69) is 28.9 Å². The summed E-state index contributed by atoms with van der Waals surface area (Å²) in [5, 5.41) is 13.9. The minimum Gasteiger partial charge on any atom is -0.393 e. The summed E-state index contributed by atoms with van der Waals surface area (Å²) in [6.45, 7) is 8.90. The fourth-order valence-electron chi connectivity index (χ4n) is 3.54. The number of aliphatic hydroxyl groups is 1. The molecule has 1 aromatic heterocycles. The van der Waals surface area contributed by atoms with Gasteiger partial charge in [-0.1, -0.05) is 37.3 Å². The number of hydrogen-bond acceptors (Lipinski definition) is 6. The maximum absolute atomic E-state index is 13.1. The predicted octanol–water partition coefficient (Wildman–Crippen LogP) is 4.08. The molecule has 160 valence electrons. The van der Waals surface area contributed by atoms with Crippen molar-refractivity contribution in [2.24, 2.45) is 5.92 Å². The van der Waals surface area contributed by atoms with Crippen molar-refractivity contribution in [1.82, 2.24) is 9.71 Å². The Balaban J connectivity index is 1.84. The molecule has 2 aromatic rings. The van der Waals surface area contributed by atoms with Gasteiger partial charge in [0, 0.05) is 12.6 Å². The van der Waals surface area contributed by atoms with Crippen LogP contribution in [0.2, 0.25) is 0 Å². The largest absolute Gasteiger partial charge is 0.393 e. The van der Waals surface area contributed by atoms with E-state index < -0.39 is 10.0 Å². The molecule has 0 aliphatic heterocycles. The van der Waals surface area contributed by atoms with Gasteiger partial charge in [-0.05, 0) is 62.6 Å². The zero-order valence-electron chi connectivity index (χ0n) is 17.5. The first-order chi connectivity index (χ1) is 13.7. The maximum atomic E-state index is 13.1. The van der Waals surface area contributed by atoms with Gasteiger partial charge in [0.2, 0.25) is 10.0 Å². The Hall–Kier alpha value is -1.48. The smallest absolute Gasteiger partial charge is 0.241 e. The van der Waals surface area contributed by atoms with Crippen molar-refractivity contribution in [3.8, 4) is 10.4 Å². The Morgan fingerprint density at radius 1 is 1.21 bits per heavy atom. The molecule has 0 amide bonds. The summed E-state index contributed by atoms with van der Waals surface area (Å²) in [7, 11) is -3.63. The van der Waals surface area contributed by atoms with Crippen LogP contribution in [0, 0.1) is 19.8 Å². The van der Waals surface area contributed by atoms with Crippen LogP contribution in [0.1, 0.15) is 50.8 Å². The molecular weight excluding hydrogens is 406 g/mol. The first-order valence-electron chi connectivity index (χ1n) is 10.2. The van der Waals surface area contributed by atoms with Crippen LogP contribution >= 0.6 is 11.3 Å². The molecule has 0 unspecified atom stereocenters. The van der Waals surface area contributed by atoms with Gasteiger partial charge in [0.25, 0.3) is 0 Å². The SMILES string of the molecule is Cc1ccc(-c2sc(NCC(C)C)nc2C)cc1S(=O)(=O)N[C@H]1CC[C@H](O)CC1. The van der Waals surface area contributed by atoms with Gasteiger partial charge in [-0.2, -0.15) is 0 Å². The number of aromatic nitrogens is 1. The van der Waals surface area contributed by atoms with E-state index in [1.54, 1.807) is 17.4 Å². The lowest BCUT2D eigenvalue weighted by Crippen LogP contribution is -2.38. The molecule has 29 heavy (non-hydrogen) atoms. The van der Waals surface area contributed by atoms with Crippen LogP contribution in [-0.4, -0.2) is 37.2 Å². The van der Waals surface area contributed by atoms with Gasteiger partial charge < -0.3 is 10.4 Å². The highest BCUT2D eigenvalue weighted by Crippen LogP contribution is 2.35. The molecule has 1 saturated carbocycles. The van der Waals surface area contributed by atoms with E-state index in [1.165, 1.54) is 0 Å². The quantitative estimate of drug-likeness (QED) is 0.607. The molecule has 0 bridgehead atoms. The van der Waals surface area contributed by atoms with Crippen molar-refractivity contribution < 1.29 is 13.5 Å². The summed E-state index contributed by atoms with van der Waals surface area (Å²) in [6, 6.07) is 5.44. The van der Waals surface area contributed by atoms with E-state index in [1.807, 2.05) is 26.0 Å². The second-order valence-corrected chi connectivity index (χ2v) is 11.0. The molecule has 0 spiro atoms. The van der Waals surface area contributed by atoms with Crippen molar-refractivity contribution in [1.29, 1.82) is 0 Å². The fourth-order valence-corrected chi connectivity index (χ4v) is 6.08. The van der Waals surface area contributed by atoms with Gasteiger partial charge in [0.15, 0.2) is 5.13 Å². The van der Waals surface area contributed by atoms with Crippen LogP contribution in [0.4, 0.5) is 5.13 Å². The number of thiazole rings is 1. The number of nitrogens with one attached hydrogen (secondary N) is 2. The minimum atomic E-state index is -3.63. The van der Waals surface area contributed by atoms with Crippen molar-refractivity contribution in [3.05, 3.63) is 29.5 Å². The molecule has 1 aliphatic carbocycles. The average molecular weight is 438 g/mol. The third-order valence-corrected chi connectivity index (χ3v) is 8.04. The Kier molecular flexibility index (Phi) is 6.98. The number of benzene rings is 1. The summed E-state index contributed by atoms with van der Waals surface area (Å²) in [4.78, 5) is 5.88. The second kappa shape index (κ2) is 9.12. The zero-order valence-corrected chi connectivity index (χ0v) is 19.2. The van der Waals surface area contributed by atoms with Gasteiger partial charge in [-0.3, -0.25) is 0 Å². The zero-order chi connectivity index (χ0) is 21.2. The van der Waals surface area contributed by atoms with Crippen LogP contribution in [0.5, 0.6) is 0 Å². The number of rotatable bonds is 7. The molecule has 0 saturated heterocycles. The molecule has 1 heterocycles. The first-order valence-corrected chi connectivity index (χ1v) is 12.5. The van der Waals surface area contributed by atoms with E-state index >= 15 is 0 Å². The molecule has 1 fully saturated rings. The van der Waals surface area contributed by atoms with E-state index in [4.69, 9.17) is 0 Å². The van der Waals surface area contributed by atoms with Gasteiger partial charge in [-0.15, -0.1) is 0 Å². The number of sulfonamides is 1. The van der Waals surface area contributed by atoms with Crippen molar-refractivity contribution >= 4 is 26.5 Å². The normalized spacial score (nSPS) is 20.2. The average Bonchev–Trinajstić information content (AvgIpc) is 3.03. The second-order valence-electron chi connectivity index (χ2n) is 8.32. The third kappa shape index (κ3) is 5.57. The summed E-state index contributed by atoms with van der Waals surface area (Å²) >= 11 is 1.55. The van der Waals surface area contributed by atoms with Gasteiger partial charge in [0.1, 0.15) is 0 Å². The van der Waals surface area contributed by atoms with E-state index in [-0.39, 0.29) is 12.1 Å². The Labute approximate surface area is 177 Å². The van der Waals surface area contributed by atoms with E-state index in [0.717, 1.165) is 33.4 Å². The highest BCUT2D eigenvalue weighted by molar-refractivity contribution is 7.89. The van der Waals surface area contributed by atoms with Crippen LogP contribution in [0.25, 0.3) is 10.4 Å². The number of anilines is 1. The molecule has 1 aromatic carbocycles. The molecule has 8 heteroatoms. The van der Waals surface area contributed by atoms with Crippen LogP contribution in [0.15, 0.2) is 23.1 Å². The fraction of sp³-hybridized carbons (Fsp3) is 0.571. The first kappa shape index (κ1) is 22.2. The Morgan fingerprint density at radius 3 is 2.55 bits per heavy atom. The lowest BCUT2D eigenvalue weighted by molar-refractivity contribution is 0.120. The third-order valence-electron chi connectivity index (χ3n) is 5.22. The summed E-state index contributed by atoms with van der Waals surface area (Å²) in [5.74, 6) is 0.519. The lowest BCUT2D eigenvalue weighted by atomic mass is 9.94. The van der Waals surface area contributed by atoms with Crippen molar-refractivity contribution in [2.45, 2.75) is 70.4 Å². The minimum absolute atomic E-state index is 0.122. The Morgan fingerprint density at radius 2 is 1.90 bits per heavy atom. The van der Waals surface area contributed by atoms with E-state index in [9.17, 15) is 13.5 Å². The molecule has 0 atom stereocenters. The maximum Gasteiger partial charge on any atom is 0.241 e. The van der Waals surface area contributed by atoms with Crippen LogP contribution in [-0.2, 0) is 10.0 Å². The molecule has 1 aliphatic rings. The highest BCUT2D eigenvalue weighted by Gasteiger charge is 2.26. The van der Waals surface area contributed by atoms with Crippen molar-refractivity contribution in [3.63, 3.8) is 0 Å². The summed E-state index contributed by atoms with van der Waals surface area (Å²) in [5.41, 5.74) is 2.47. The number of aryl methyl sites for hydroxylation is 2. The predicted molar refractivity (Wildman–Crippen MR) is 119 cm³/mol. The lowest BCUT2D eigenvalue weighted by Gasteiger charge is -2.26. The molecular formula is C21H31N3O3S2. The molecule has 0 radical (unpaired) electrons. The molecule has 6 nitrogen and oxygen atoms in total. The monoisotopic (exact) mass is 437 g/mol. The van der Waals surface area contributed by atoms with Gasteiger partial charge in [-0.25, -0.2) is 18.1 Å². The topological polar surface area (TPSA) is 91.3 Å². The molecule has 3 N–H and O–H groups in total. The summed E-state index contributed by atoms with van der Waals surface area (Å²) < 4.78 is 29.0. The number of aliphatic hydroxyl groups excluding tert-OH is 1. The number of nitrogens with zero attached hydrogens (tertiary/aromatic N) is 1. The van der Waals surface area contributed by atoms with Crippen LogP contribution in [0.3, 0.4) is 0 Å². The molecule has 3 rings (SSSR count). The van der Waals surface area contributed by atoms with Crippen molar-refractivity contribution in [2.75, 3.05) is 11.9 Å². The van der Waals surface area contributed by atoms with E-state index in [0.29, 0.717) is 36.5 Å². The Bertz CT molecular complexity index is 946. The van der Waals surface area contributed by atoms with Gasteiger partial charge in [0.05, 0.1) is 21.6 Å². The van der Waals surface area contributed by atoms with Crippen LogP contribution < -0.4 is 10.0 Å². The highest BCUT2D eigenvalue weighted by atomic mass is 32.2. The standard InChI is InChI=1S/C21H31N3O3S2/c1-13(2)12-22-21-23-15(4)20(28-21)16-6-5-14(3)19(11-16)29(26,27)24-17-7-9-18(25)10-8-17/h5-6,11,13,17-18,24-25H,7-10,12H2,1-4H3,(H,22,23)/t17-,18-. The van der Waals surface area contributed by atoms with Gasteiger partial charge >= 0.3 is 0 Å². The number of hydrogen-bond donors (Lipinski definition) is 3. The summed E-state index contributed by atoms with van der Waals surface area (Å²) in [6.07, 6.45) is 2.29.